The highest BCUT2D eigenvalue weighted by atomic mass is 35.5. The molecule has 94 valence electrons. The monoisotopic (exact) mass is 260 g/mol. The van der Waals surface area contributed by atoms with E-state index in [1.807, 2.05) is 0 Å². The van der Waals surface area contributed by atoms with E-state index in [-0.39, 0.29) is 23.1 Å². The molecule has 1 aromatic rings. The van der Waals surface area contributed by atoms with Gasteiger partial charge in [0.05, 0.1) is 18.7 Å². The summed E-state index contributed by atoms with van der Waals surface area (Å²) in [5, 5.41) is 17.9. The van der Waals surface area contributed by atoms with Gasteiger partial charge in [-0.05, 0) is 24.6 Å². The van der Waals surface area contributed by atoms with Crippen molar-refractivity contribution in [2.75, 3.05) is 7.11 Å². The van der Waals surface area contributed by atoms with Crippen molar-refractivity contribution in [1.29, 1.82) is 0 Å². The molecule has 6 heteroatoms. The van der Waals surface area contributed by atoms with Crippen molar-refractivity contribution in [1.82, 2.24) is 0 Å². The summed E-state index contributed by atoms with van der Waals surface area (Å²) in [7, 11) is 1.41. The topological polar surface area (TPSA) is 76.0 Å². The molecule has 0 amide bonds. The van der Waals surface area contributed by atoms with Crippen LogP contribution in [0.1, 0.15) is 12.5 Å². The van der Waals surface area contributed by atoms with Crippen molar-refractivity contribution < 1.29 is 24.5 Å². The quantitative estimate of drug-likeness (QED) is 0.843. The molecular weight excluding hydrogens is 248 g/mol. The zero-order valence-corrected chi connectivity index (χ0v) is 10.2. The first kappa shape index (κ1) is 13.6. The minimum Gasteiger partial charge on any atom is -0.493 e. The van der Waals surface area contributed by atoms with E-state index >= 15 is 0 Å². The number of carbonyl (C=O) groups is 1. The first-order valence-electron chi connectivity index (χ1n) is 4.86. The van der Waals surface area contributed by atoms with Crippen LogP contribution < -0.4 is 9.47 Å². The zero-order chi connectivity index (χ0) is 13.0. The standard InChI is InChI=1S/C11H13ClO5/c1-6(11(14)15)17-10-8(12)3-7(5-13)4-9(10)16-2/h3-4,6,13H,5H2,1-2H3,(H,14,15). The van der Waals surface area contributed by atoms with Gasteiger partial charge in [0.25, 0.3) is 0 Å². The number of aliphatic carboxylic acids is 1. The lowest BCUT2D eigenvalue weighted by Crippen LogP contribution is -2.23. The molecule has 0 saturated carbocycles. The number of benzene rings is 1. The van der Waals surface area contributed by atoms with Gasteiger partial charge >= 0.3 is 5.97 Å². The van der Waals surface area contributed by atoms with E-state index < -0.39 is 12.1 Å². The Morgan fingerprint density at radius 2 is 2.18 bits per heavy atom. The molecule has 1 unspecified atom stereocenters. The number of rotatable bonds is 5. The number of carboxylic acid groups (broad SMARTS) is 1. The molecule has 17 heavy (non-hydrogen) atoms. The highest BCUT2D eigenvalue weighted by molar-refractivity contribution is 6.32. The zero-order valence-electron chi connectivity index (χ0n) is 9.44. The van der Waals surface area contributed by atoms with E-state index in [1.165, 1.54) is 26.2 Å². The third-order valence-corrected chi connectivity index (χ3v) is 2.39. The molecule has 1 aromatic carbocycles. The molecule has 0 aliphatic carbocycles. The number of carboxylic acids is 1. The molecular formula is C11H13ClO5. The maximum Gasteiger partial charge on any atom is 0.344 e. The summed E-state index contributed by atoms with van der Waals surface area (Å²) in [5.74, 6) is -0.662. The molecule has 0 aromatic heterocycles. The van der Waals surface area contributed by atoms with Crippen LogP contribution in [0.25, 0.3) is 0 Å². The van der Waals surface area contributed by atoms with Crippen LogP contribution >= 0.6 is 11.6 Å². The molecule has 0 spiro atoms. The fourth-order valence-corrected chi connectivity index (χ4v) is 1.48. The lowest BCUT2D eigenvalue weighted by molar-refractivity contribution is -0.144. The van der Waals surface area contributed by atoms with Crippen LogP contribution in [0.5, 0.6) is 11.5 Å². The minimum atomic E-state index is -1.10. The summed E-state index contributed by atoms with van der Waals surface area (Å²) >= 11 is 5.93. The Hall–Kier alpha value is -1.46. The summed E-state index contributed by atoms with van der Waals surface area (Å²) in [6.45, 7) is 1.20. The normalized spacial score (nSPS) is 12.0. The van der Waals surface area contributed by atoms with Gasteiger partial charge in [-0.15, -0.1) is 0 Å². The van der Waals surface area contributed by atoms with Gasteiger partial charge in [0, 0.05) is 0 Å². The summed E-state index contributed by atoms with van der Waals surface area (Å²) in [6, 6.07) is 3.03. The lowest BCUT2D eigenvalue weighted by Gasteiger charge is -2.16. The maximum atomic E-state index is 10.7. The molecule has 0 saturated heterocycles. The predicted octanol–water partition coefficient (Wildman–Crippen LogP) is 1.69. The number of methoxy groups -OCH3 is 1. The molecule has 5 nitrogen and oxygen atoms in total. The van der Waals surface area contributed by atoms with E-state index in [1.54, 1.807) is 0 Å². The molecule has 1 rings (SSSR count). The highest BCUT2D eigenvalue weighted by Crippen LogP contribution is 2.37. The van der Waals surface area contributed by atoms with Gasteiger partial charge in [0.15, 0.2) is 17.6 Å². The van der Waals surface area contributed by atoms with Crippen LogP contribution in [0.15, 0.2) is 12.1 Å². The van der Waals surface area contributed by atoms with Crippen molar-refractivity contribution in [3.63, 3.8) is 0 Å². The molecule has 0 radical (unpaired) electrons. The van der Waals surface area contributed by atoms with Gasteiger partial charge in [-0.25, -0.2) is 4.79 Å². The van der Waals surface area contributed by atoms with Crippen LogP contribution in [0.2, 0.25) is 5.02 Å². The summed E-state index contributed by atoms with van der Waals surface area (Å²) in [5.41, 5.74) is 0.558. The first-order valence-corrected chi connectivity index (χ1v) is 5.24. The Morgan fingerprint density at radius 3 is 2.65 bits per heavy atom. The van der Waals surface area contributed by atoms with Crippen molar-refractivity contribution in [3.05, 3.63) is 22.7 Å². The molecule has 2 N–H and O–H groups in total. The molecule has 0 aliphatic heterocycles. The van der Waals surface area contributed by atoms with Gasteiger partial charge in [-0.2, -0.15) is 0 Å². The molecule has 1 atom stereocenters. The number of halogens is 1. The second-order valence-corrected chi connectivity index (χ2v) is 3.77. The molecule has 0 fully saturated rings. The van der Waals surface area contributed by atoms with Crippen molar-refractivity contribution >= 4 is 17.6 Å². The number of aliphatic hydroxyl groups excluding tert-OH is 1. The van der Waals surface area contributed by atoms with Crippen LogP contribution in [0, 0.1) is 0 Å². The van der Waals surface area contributed by atoms with Crippen molar-refractivity contribution in [2.24, 2.45) is 0 Å². The van der Waals surface area contributed by atoms with Crippen LogP contribution in [0.4, 0.5) is 0 Å². The van der Waals surface area contributed by atoms with Crippen molar-refractivity contribution in [2.45, 2.75) is 19.6 Å². The minimum absolute atomic E-state index is 0.154. The number of hydrogen-bond donors (Lipinski definition) is 2. The highest BCUT2D eigenvalue weighted by Gasteiger charge is 2.18. The van der Waals surface area contributed by atoms with Gasteiger partial charge in [0.1, 0.15) is 0 Å². The fraction of sp³-hybridized carbons (Fsp3) is 0.364. The Bertz CT molecular complexity index is 419. The smallest absolute Gasteiger partial charge is 0.344 e. The van der Waals surface area contributed by atoms with Crippen LogP contribution in [0.3, 0.4) is 0 Å². The van der Waals surface area contributed by atoms with E-state index in [4.69, 9.17) is 31.3 Å². The fourth-order valence-electron chi connectivity index (χ4n) is 1.21. The number of ether oxygens (including phenoxy) is 2. The van der Waals surface area contributed by atoms with E-state index in [0.717, 1.165) is 0 Å². The van der Waals surface area contributed by atoms with Gasteiger partial charge < -0.3 is 19.7 Å². The largest absolute Gasteiger partial charge is 0.493 e. The third kappa shape index (κ3) is 3.25. The Labute approximate surface area is 104 Å². The number of hydrogen-bond acceptors (Lipinski definition) is 4. The maximum absolute atomic E-state index is 10.7. The van der Waals surface area contributed by atoms with Crippen LogP contribution in [-0.4, -0.2) is 29.4 Å². The molecule has 0 aliphatic rings. The summed E-state index contributed by atoms with van der Waals surface area (Å²) in [4.78, 5) is 10.7. The predicted molar refractivity (Wildman–Crippen MR) is 61.7 cm³/mol. The Balaban J connectivity index is 3.09. The summed E-state index contributed by atoms with van der Waals surface area (Å²) < 4.78 is 10.2. The summed E-state index contributed by atoms with van der Waals surface area (Å²) in [6.07, 6.45) is -1.04. The molecule has 0 heterocycles. The second kappa shape index (κ2) is 5.75. The average Bonchev–Trinajstić information content (AvgIpc) is 2.30. The van der Waals surface area contributed by atoms with E-state index in [0.29, 0.717) is 5.56 Å². The Morgan fingerprint density at radius 1 is 1.53 bits per heavy atom. The second-order valence-electron chi connectivity index (χ2n) is 3.37. The third-order valence-electron chi connectivity index (χ3n) is 2.11. The number of aliphatic hydroxyl groups is 1. The van der Waals surface area contributed by atoms with Gasteiger partial charge in [0.2, 0.25) is 0 Å². The van der Waals surface area contributed by atoms with E-state index in [9.17, 15) is 4.79 Å². The Kier molecular flexibility index (Phi) is 4.60. The van der Waals surface area contributed by atoms with Gasteiger partial charge in [-0.3, -0.25) is 0 Å². The first-order chi connectivity index (χ1) is 7.99. The van der Waals surface area contributed by atoms with Gasteiger partial charge in [-0.1, -0.05) is 11.6 Å². The van der Waals surface area contributed by atoms with E-state index in [2.05, 4.69) is 0 Å². The average molecular weight is 261 g/mol. The van der Waals surface area contributed by atoms with Crippen molar-refractivity contribution in [3.8, 4) is 11.5 Å². The molecule has 0 bridgehead atoms. The lowest BCUT2D eigenvalue weighted by atomic mass is 10.2. The van der Waals surface area contributed by atoms with Crippen LogP contribution in [-0.2, 0) is 11.4 Å². The SMILES string of the molecule is COc1cc(CO)cc(Cl)c1OC(C)C(=O)O.